The summed E-state index contributed by atoms with van der Waals surface area (Å²) in [6.45, 7) is 7.24. The van der Waals surface area contributed by atoms with Crippen LogP contribution in [0.1, 0.15) is 11.3 Å². The lowest BCUT2D eigenvalue weighted by Gasteiger charge is -2.36. The monoisotopic (exact) mass is 461 g/mol. The minimum Gasteiger partial charge on any atom is -0.494 e. The molecule has 0 unspecified atom stereocenters. The van der Waals surface area contributed by atoms with Gasteiger partial charge in [0.1, 0.15) is 11.3 Å². The van der Waals surface area contributed by atoms with Gasteiger partial charge in [-0.05, 0) is 31.2 Å². The van der Waals surface area contributed by atoms with E-state index in [1.807, 2.05) is 12.1 Å². The van der Waals surface area contributed by atoms with Crippen molar-refractivity contribution in [2.24, 2.45) is 0 Å². The first-order valence-electron chi connectivity index (χ1n) is 10.4. The lowest BCUT2D eigenvalue weighted by Crippen LogP contribution is -2.46. The summed E-state index contributed by atoms with van der Waals surface area (Å²) in [5.74, 6) is -1.92. The van der Waals surface area contributed by atoms with Gasteiger partial charge in [-0.15, -0.1) is 0 Å². The number of carboxylic acids is 1. The molecule has 0 bridgehead atoms. The molecule has 2 heterocycles. The van der Waals surface area contributed by atoms with Crippen molar-refractivity contribution in [2.45, 2.75) is 19.6 Å². The number of hydrogen-bond donors (Lipinski definition) is 1. The Morgan fingerprint density at radius 2 is 1.67 bits per heavy atom. The highest BCUT2D eigenvalue weighted by Crippen LogP contribution is 2.24. The molecule has 1 aromatic heterocycles. The fourth-order valence-corrected chi connectivity index (χ4v) is 3.56. The first-order valence-corrected chi connectivity index (χ1v) is 10.4. The van der Waals surface area contributed by atoms with Crippen molar-refractivity contribution in [2.75, 3.05) is 38.2 Å². The Morgan fingerprint density at radius 1 is 1.03 bits per heavy atom. The van der Waals surface area contributed by atoms with E-state index in [9.17, 15) is 13.2 Å². The molecular weight excluding hydrogens is 435 g/mol. The molecule has 1 aliphatic heterocycles. The predicted octanol–water partition coefficient (Wildman–Crippen LogP) is 4.51. The number of aryl methyl sites for hydroxylation is 1. The normalized spacial score (nSPS) is 14.5. The van der Waals surface area contributed by atoms with Gasteiger partial charge in [0.15, 0.2) is 0 Å². The number of carboxylic acid groups (broad SMARTS) is 1. The van der Waals surface area contributed by atoms with E-state index in [2.05, 4.69) is 59.2 Å². The highest BCUT2D eigenvalue weighted by Gasteiger charge is 2.38. The lowest BCUT2D eigenvalue weighted by atomic mass is 10.1. The summed E-state index contributed by atoms with van der Waals surface area (Å²) in [6.07, 6.45) is -5.08. The molecule has 0 spiro atoms. The van der Waals surface area contributed by atoms with Crippen molar-refractivity contribution in [3.8, 4) is 5.75 Å². The van der Waals surface area contributed by atoms with Crippen LogP contribution < -0.4 is 9.64 Å². The van der Waals surface area contributed by atoms with Crippen molar-refractivity contribution in [3.05, 3.63) is 65.9 Å². The fourth-order valence-electron chi connectivity index (χ4n) is 3.56. The summed E-state index contributed by atoms with van der Waals surface area (Å²) in [6, 6.07) is 19.2. The first kappa shape index (κ1) is 24.3. The number of aromatic nitrogens is 1. The molecule has 3 aromatic rings. The Hall–Kier alpha value is -3.33. The zero-order chi connectivity index (χ0) is 24.0. The molecular formula is C24H26F3N3O3. The quantitative estimate of drug-likeness (QED) is 0.617. The third kappa shape index (κ3) is 6.58. The fraction of sp³-hybridized carbons (Fsp3) is 0.333. The summed E-state index contributed by atoms with van der Waals surface area (Å²) in [5, 5.41) is 8.25. The van der Waals surface area contributed by atoms with Crippen LogP contribution in [-0.4, -0.2) is 60.4 Å². The molecule has 176 valence electrons. The number of methoxy groups -OCH3 is 1. The van der Waals surface area contributed by atoms with Crippen LogP contribution in [0.5, 0.6) is 5.75 Å². The van der Waals surface area contributed by atoms with Crippen LogP contribution in [0.25, 0.3) is 10.9 Å². The minimum absolute atomic E-state index is 0.841. The molecule has 0 atom stereocenters. The topological polar surface area (TPSA) is 65.9 Å². The average Bonchev–Trinajstić information content (AvgIpc) is 2.79. The van der Waals surface area contributed by atoms with Crippen molar-refractivity contribution in [3.63, 3.8) is 0 Å². The van der Waals surface area contributed by atoms with Crippen molar-refractivity contribution in [1.82, 2.24) is 9.88 Å². The van der Waals surface area contributed by atoms with E-state index < -0.39 is 12.1 Å². The van der Waals surface area contributed by atoms with E-state index in [1.165, 1.54) is 11.3 Å². The largest absolute Gasteiger partial charge is 0.494 e. The Labute approximate surface area is 190 Å². The SMILES string of the molecule is COc1cccc2ccc(CN3CCN(c4ccc(C)cc4)CC3)nc12.O=C(O)C(F)(F)F. The Balaban J connectivity index is 0.000000383. The number of alkyl halides is 3. The number of aliphatic carboxylic acids is 1. The molecule has 2 aromatic carbocycles. The molecule has 0 amide bonds. The maximum absolute atomic E-state index is 10.6. The van der Waals surface area contributed by atoms with Crippen molar-refractivity contribution < 1.29 is 27.8 Å². The maximum atomic E-state index is 10.6. The predicted molar refractivity (Wildman–Crippen MR) is 121 cm³/mol. The lowest BCUT2D eigenvalue weighted by molar-refractivity contribution is -0.192. The molecule has 1 saturated heterocycles. The number of rotatable bonds is 4. The Kier molecular flexibility index (Phi) is 7.75. The zero-order valence-corrected chi connectivity index (χ0v) is 18.5. The molecule has 4 rings (SSSR count). The van der Waals surface area contributed by atoms with Gasteiger partial charge in [-0.25, -0.2) is 9.78 Å². The van der Waals surface area contributed by atoms with E-state index in [-0.39, 0.29) is 0 Å². The number of fused-ring (bicyclic) bond motifs is 1. The summed E-state index contributed by atoms with van der Waals surface area (Å²) in [5.41, 5.74) is 4.69. The molecule has 1 N–H and O–H groups in total. The van der Waals surface area contributed by atoms with Crippen molar-refractivity contribution >= 4 is 22.6 Å². The highest BCUT2D eigenvalue weighted by molar-refractivity contribution is 5.84. The van der Waals surface area contributed by atoms with Crippen molar-refractivity contribution in [1.29, 1.82) is 0 Å². The minimum atomic E-state index is -5.08. The second kappa shape index (κ2) is 10.5. The number of benzene rings is 2. The van der Waals surface area contributed by atoms with Crippen LogP contribution in [0.4, 0.5) is 18.9 Å². The third-order valence-electron chi connectivity index (χ3n) is 5.36. The van der Waals surface area contributed by atoms with Gasteiger partial charge in [0.2, 0.25) is 0 Å². The van der Waals surface area contributed by atoms with E-state index in [0.29, 0.717) is 0 Å². The second-order valence-electron chi connectivity index (χ2n) is 7.74. The average molecular weight is 461 g/mol. The van der Waals surface area contributed by atoms with E-state index in [0.717, 1.165) is 55.1 Å². The summed E-state index contributed by atoms with van der Waals surface area (Å²) < 4.78 is 37.2. The van der Waals surface area contributed by atoms with E-state index >= 15 is 0 Å². The Morgan fingerprint density at radius 3 is 2.24 bits per heavy atom. The molecule has 6 nitrogen and oxygen atoms in total. The zero-order valence-electron chi connectivity index (χ0n) is 18.5. The number of ether oxygens (including phenoxy) is 1. The number of hydrogen-bond acceptors (Lipinski definition) is 5. The number of anilines is 1. The van der Waals surface area contributed by atoms with Gasteiger partial charge < -0.3 is 14.7 Å². The van der Waals surface area contributed by atoms with Gasteiger partial charge in [0.05, 0.1) is 12.8 Å². The van der Waals surface area contributed by atoms with Gasteiger partial charge in [-0.1, -0.05) is 35.9 Å². The maximum Gasteiger partial charge on any atom is 0.490 e. The van der Waals surface area contributed by atoms with Gasteiger partial charge in [-0.3, -0.25) is 4.90 Å². The summed E-state index contributed by atoms with van der Waals surface area (Å²) in [4.78, 5) is 18.7. The van der Waals surface area contributed by atoms with E-state index in [4.69, 9.17) is 19.6 Å². The molecule has 0 saturated carbocycles. The molecule has 1 fully saturated rings. The Bertz CT molecular complexity index is 1080. The second-order valence-corrected chi connectivity index (χ2v) is 7.74. The number of piperazine rings is 1. The molecule has 9 heteroatoms. The molecule has 0 radical (unpaired) electrons. The van der Waals surface area contributed by atoms with Crippen LogP contribution in [0, 0.1) is 6.92 Å². The van der Waals surface area contributed by atoms with E-state index in [1.54, 1.807) is 7.11 Å². The third-order valence-corrected chi connectivity index (χ3v) is 5.36. The van der Waals surface area contributed by atoms with Gasteiger partial charge in [0.25, 0.3) is 0 Å². The van der Waals surface area contributed by atoms with Crippen LogP contribution in [0.3, 0.4) is 0 Å². The van der Waals surface area contributed by atoms with Crippen LogP contribution in [0.15, 0.2) is 54.6 Å². The number of para-hydroxylation sites is 1. The van der Waals surface area contributed by atoms with Crippen LogP contribution in [0.2, 0.25) is 0 Å². The highest BCUT2D eigenvalue weighted by atomic mass is 19.4. The molecule has 0 aliphatic carbocycles. The summed E-state index contributed by atoms with van der Waals surface area (Å²) >= 11 is 0. The van der Waals surface area contributed by atoms with Gasteiger partial charge in [-0.2, -0.15) is 13.2 Å². The molecule has 33 heavy (non-hydrogen) atoms. The first-order chi connectivity index (χ1) is 15.7. The van der Waals surface area contributed by atoms with Crippen LogP contribution >= 0.6 is 0 Å². The molecule has 1 aliphatic rings. The van der Waals surface area contributed by atoms with Crippen LogP contribution in [-0.2, 0) is 11.3 Å². The number of nitrogens with zero attached hydrogens (tertiary/aromatic N) is 3. The number of halogens is 3. The van der Waals surface area contributed by atoms with Gasteiger partial charge in [0, 0.05) is 43.8 Å². The number of pyridine rings is 1. The smallest absolute Gasteiger partial charge is 0.490 e. The number of carbonyl (C=O) groups is 1. The standard InChI is InChI=1S/C22H25N3O.C2HF3O2/c1-17-6-10-20(11-7-17)25-14-12-24(13-15-25)16-19-9-8-18-4-3-5-21(26-2)22(18)23-19;3-2(4,5)1(6)7/h3-11H,12-16H2,1-2H3;(H,6,7). The van der Waals surface area contributed by atoms with Gasteiger partial charge >= 0.3 is 12.1 Å². The summed E-state index contributed by atoms with van der Waals surface area (Å²) in [7, 11) is 1.70.